The summed E-state index contributed by atoms with van der Waals surface area (Å²) in [6, 6.07) is 18.2. The van der Waals surface area contributed by atoms with Gasteiger partial charge in [-0.3, -0.25) is 0 Å². The molecule has 2 nitrogen and oxygen atoms in total. The Morgan fingerprint density at radius 3 is 2.40 bits per heavy atom. The van der Waals surface area contributed by atoms with E-state index in [1.54, 1.807) is 0 Å². The lowest BCUT2D eigenvalue weighted by Gasteiger charge is -2.04. The van der Waals surface area contributed by atoms with Crippen LogP contribution < -0.4 is 0 Å². The van der Waals surface area contributed by atoms with Crippen LogP contribution in [-0.2, 0) is 6.54 Å². The van der Waals surface area contributed by atoms with Crippen LogP contribution in [0.3, 0.4) is 0 Å². The van der Waals surface area contributed by atoms with E-state index in [0.29, 0.717) is 0 Å². The van der Waals surface area contributed by atoms with Crippen molar-refractivity contribution >= 4 is 11.6 Å². The quantitative estimate of drug-likeness (QED) is 0.688. The summed E-state index contributed by atoms with van der Waals surface area (Å²) in [7, 11) is 0. The van der Waals surface area contributed by atoms with Crippen molar-refractivity contribution in [1.29, 1.82) is 0 Å². The highest BCUT2D eigenvalue weighted by Crippen LogP contribution is 2.19. The molecule has 100 valence electrons. The molecule has 0 amide bonds. The van der Waals surface area contributed by atoms with Crippen molar-refractivity contribution in [1.82, 2.24) is 9.55 Å². The summed E-state index contributed by atoms with van der Waals surface area (Å²) >= 11 is 5.91. The second kappa shape index (κ2) is 5.51. The van der Waals surface area contributed by atoms with Crippen LogP contribution in [0.4, 0.5) is 0 Å². The van der Waals surface area contributed by atoms with Crippen LogP contribution in [0, 0.1) is 6.92 Å². The summed E-state index contributed by atoms with van der Waals surface area (Å²) in [5.41, 5.74) is 3.37. The predicted molar refractivity (Wildman–Crippen MR) is 83.0 cm³/mol. The highest BCUT2D eigenvalue weighted by molar-refractivity contribution is 6.30. The van der Waals surface area contributed by atoms with Gasteiger partial charge in [0, 0.05) is 23.3 Å². The van der Waals surface area contributed by atoms with Crippen LogP contribution >= 0.6 is 11.6 Å². The van der Waals surface area contributed by atoms with Gasteiger partial charge < -0.3 is 4.57 Å². The molecular formula is C17H15ClN2. The van der Waals surface area contributed by atoms with Gasteiger partial charge in [0.2, 0.25) is 0 Å². The van der Waals surface area contributed by atoms with Crippen LogP contribution in [0.15, 0.2) is 60.8 Å². The third-order valence-electron chi connectivity index (χ3n) is 3.31. The van der Waals surface area contributed by atoms with Gasteiger partial charge in [-0.1, -0.05) is 54.1 Å². The summed E-state index contributed by atoms with van der Waals surface area (Å²) in [4.78, 5) is 4.63. The van der Waals surface area contributed by atoms with E-state index in [1.165, 1.54) is 5.56 Å². The molecule has 0 fully saturated rings. The average molecular weight is 283 g/mol. The minimum atomic E-state index is 0.765. The SMILES string of the molecule is Cc1nc(-c2ccccc2)cn1Cc1ccc(Cl)cc1. The molecular weight excluding hydrogens is 268 g/mol. The van der Waals surface area contributed by atoms with Gasteiger partial charge in [-0.15, -0.1) is 0 Å². The smallest absolute Gasteiger partial charge is 0.106 e. The Morgan fingerprint density at radius 1 is 1.00 bits per heavy atom. The molecule has 0 spiro atoms. The van der Waals surface area contributed by atoms with Crippen molar-refractivity contribution in [2.24, 2.45) is 0 Å². The molecule has 0 atom stereocenters. The molecule has 20 heavy (non-hydrogen) atoms. The van der Waals surface area contributed by atoms with Gasteiger partial charge in [-0.2, -0.15) is 0 Å². The van der Waals surface area contributed by atoms with Crippen LogP contribution in [0.2, 0.25) is 5.02 Å². The largest absolute Gasteiger partial charge is 0.330 e. The Kier molecular flexibility index (Phi) is 3.57. The van der Waals surface area contributed by atoms with Crippen LogP contribution in [0.1, 0.15) is 11.4 Å². The van der Waals surface area contributed by atoms with Crippen LogP contribution in [0.25, 0.3) is 11.3 Å². The van der Waals surface area contributed by atoms with Crippen molar-refractivity contribution in [2.45, 2.75) is 13.5 Å². The van der Waals surface area contributed by atoms with E-state index in [-0.39, 0.29) is 0 Å². The zero-order valence-electron chi connectivity index (χ0n) is 11.3. The van der Waals surface area contributed by atoms with E-state index in [2.05, 4.69) is 27.9 Å². The highest BCUT2D eigenvalue weighted by atomic mass is 35.5. The van der Waals surface area contributed by atoms with Crippen LogP contribution in [0.5, 0.6) is 0 Å². The minimum absolute atomic E-state index is 0.765. The monoisotopic (exact) mass is 282 g/mol. The Morgan fingerprint density at radius 2 is 1.70 bits per heavy atom. The molecule has 0 N–H and O–H groups in total. The topological polar surface area (TPSA) is 17.8 Å². The fraction of sp³-hybridized carbons (Fsp3) is 0.118. The molecule has 1 aromatic heterocycles. The number of halogens is 1. The maximum absolute atomic E-state index is 5.91. The number of rotatable bonds is 3. The lowest BCUT2D eigenvalue weighted by atomic mass is 10.2. The molecule has 0 aliphatic rings. The molecule has 0 bridgehead atoms. The van der Waals surface area contributed by atoms with Gasteiger partial charge in [0.15, 0.2) is 0 Å². The average Bonchev–Trinajstić information content (AvgIpc) is 2.84. The molecule has 0 aliphatic carbocycles. The van der Waals surface area contributed by atoms with Gasteiger partial charge in [0.05, 0.1) is 5.69 Å². The molecule has 1 heterocycles. The van der Waals surface area contributed by atoms with Crippen molar-refractivity contribution < 1.29 is 0 Å². The van der Waals surface area contributed by atoms with E-state index in [4.69, 9.17) is 11.6 Å². The Balaban J connectivity index is 1.88. The molecule has 3 rings (SSSR count). The highest BCUT2D eigenvalue weighted by Gasteiger charge is 2.06. The van der Waals surface area contributed by atoms with Gasteiger partial charge in [0.25, 0.3) is 0 Å². The summed E-state index contributed by atoms with van der Waals surface area (Å²) in [6.45, 7) is 2.84. The first-order chi connectivity index (χ1) is 9.72. The minimum Gasteiger partial charge on any atom is -0.330 e. The standard InChI is InChI=1S/C17H15ClN2/c1-13-19-17(15-5-3-2-4-6-15)12-20(13)11-14-7-9-16(18)10-8-14/h2-10,12H,11H2,1H3. The number of aryl methyl sites for hydroxylation is 1. The predicted octanol–water partition coefficient (Wildman–Crippen LogP) is 4.56. The molecule has 0 saturated carbocycles. The fourth-order valence-electron chi connectivity index (χ4n) is 2.20. The summed E-state index contributed by atoms with van der Waals surface area (Å²) in [6.07, 6.45) is 2.10. The maximum atomic E-state index is 5.91. The third-order valence-corrected chi connectivity index (χ3v) is 3.56. The summed E-state index contributed by atoms with van der Waals surface area (Å²) in [5.74, 6) is 1.01. The van der Waals surface area contributed by atoms with E-state index in [9.17, 15) is 0 Å². The van der Waals surface area contributed by atoms with Crippen molar-refractivity contribution in [3.63, 3.8) is 0 Å². The number of hydrogen-bond acceptors (Lipinski definition) is 1. The molecule has 2 aromatic carbocycles. The first kappa shape index (κ1) is 12.9. The molecule has 3 aromatic rings. The van der Waals surface area contributed by atoms with Gasteiger partial charge in [0.1, 0.15) is 5.82 Å². The van der Waals surface area contributed by atoms with Gasteiger partial charge in [-0.25, -0.2) is 4.98 Å². The molecule has 3 heteroatoms. The second-order valence-electron chi connectivity index (χ2n) is 4.79. The number of hydrogen-bond donors (Lipinski definition) is 0. The Labute approximate surface area is 123 Å². The first-order valence-corrected chi connectivity index (χ1v) is 6.94. The summed E-state index contributed by atoms with van der Waals surface area (Å²) in [5, 5.41) is 0.765. The number of aromatic nitrogens is 2. The van der Waals surface area contributed by atoms with E-state index >= 15 is 0 Å². The van der Waals surface area contributed by atoms with Crippen molar-refractivity contribution in [3.8, 4) is 11.3 Å². The van der Waals surface area contributed by atoms with E-state index in [0.717, 1.165) is 28.6 Å². The zero-order chi connectivity index (χ0) is 13.9. The van der Waals surface area contributed by atoms with Gasteiger partial charge >= 0.3 is 0 Å². The zero-order valence-corrected chi connectivity index (χ0v) is 12.0. The van der Waals surface area contributed by atoms with Crippen LogP contribution in [-0.4, -0.2) is 9.55 Å². The fourth-order valence-corrected chi connectivity index (χ4v) is 2.33. The van der Waals surface area contributed by atoms with Crippen molar-refractivity contribution in [3.05, 3.63) is 77.2 Å². The lowest BCUT2D eigenvalue weighted by molar-refractivity contribution is 0.762. The number of imidazole rings is 1. The lowest BCUT2D eigenvalue weighted by Crippen LogP contribution is -2.00. The molecule has 0 aliphatic heterocycles. The molecule has 0 saturated heterocycles. The first-order valence-electron chi connectivity index (χ1n) is 6.56. The van der Waals surface area contributed by atoms with Crippen molar-refractivity contribution in [2.75, 3.05) is 0 Å². The Hall–Kier alpha value is -2.06. The second-order valence-corrected chi connectivity index (χ2v) is 5.23. The molecule has 0 unspecified atom stereocenters. The van der Waals surface area contributed by atoms with E-state index in [1.807, 2.05) is 49.4 Å². The van der Waals surface area contributed by atoms with E-state index < -0.39 is 0 Å². The normalized spacial score (nSPS) is 10.7. The number of benzene rings is 2. The third kappa shape index (κ3) is 2.75. The number of nitrogens with zero attached hydrogens (tertiary/aromatic N) is 2. The Bertz CT molecular complexity index is 700. The maximum Gasteiger partial charge on any atom is 0.106 e. The summed E-state index contributed by atoms with van der Waals surface area (Å²) < 4.78 is 2.16. The van der Waals surface area contributed by atoms with Gasteiger partial charge in [-0.05, 0) is 24.6 Å². The molecule has 0 radical (unpaired) electrons.